The fourth-order valence-corrected chi connectivity index (χ4v) is 3.11. The standard InChI is InChI=1S/C21H18N2O2/c1-23(13-15-5-3-2-4-6-15)21(24)16-7-8-19-18-9-10-22-12-17(18)14-25-20(19)11-16/h2-12H,13-14H2,1H3. The molecule has 0 saturated heterocycles. The second-order valence-electron chi connectivity index (χ2n) is 6.18. The van der Waals surface area contributed by atoms with Gasteiger partial charge in [0.1, 0.15) is 12.4 Å². The molecule has 1 aliphatic heterocycles. The van der Waals surface area contributed by atoms with Gasteiger partial charge in [-0.2, -0.15) is 0 Å². The Hall–Kier alpha value is -3.14. The first-order valence-electron chi connectivity index (χ1n) is 8.22. The Morgan fingerprint density at radius 2 is 1.96 bits per heavy atom. The predicted molar refractivity (Wildman–Crippen MR) is 96.2 cm³/mol. The van der Waals surface area contributed by atoms with E-state index < -0.39 is 0 Å². The van der Waals surface area contributed by atoms with Gasteiger partial charge >= 0.3 is 0 Å². The summed E-state index contributed by atoms with van der Waals surface area (Å²) in [6, 6.07) is 17.6. The third-order valence-corrected chi connectivity index (χ3v) is 4.41. The molecule has 0 saturated carbocycles. The number of fused-ring (bicyclic) bond motifs is 3. The van der Waals surface area contributed by atoms with E-state index in [-0.39, 0.29) is 5.91 Å². The Morgan fingerprint density at radius 3 is 2.80 bits per heavy atom. The van der Waals surface area contributed by atoms with Crippen LogP contribution < -0.4 is 4.74 Å². The molecule has 0 fully saturated rings. The summed E-state index contributed by atoms with van der Waals surface area (Å²) in [5, 5.41) is 0. The van der Waals surface area contributed by atoms with E-state index in [4.69, 9.17) is 4.74 Å². The Labute approximate surface area is 146 Å². The highest BCUT2D eigenvalue weighted by molar-refractivity contribution is 5.95. The molecule has 0 aliphatic carbocycles. The zero-order chi connectivity index (χ0) is 17.2. The van der Waals surface area contributed by atoms with Crippen LogP contribution in [0.25, 0.3) is 11.1 Å². The number of carbonyl (C=O) groups is 1. The molecule has 4 rings (SSSR count). The molecule has 0 radical (unpaired) electrons. The van der Waals surface area contributed by atoms with Crippen LogP contribution in [0.1, 0.15) is 21.5 Å². The molecule has 124 valence electrons. The summed E-state index contributed by atoms with van der Waals surface area (Å²) in [4.78, 5) is 18.6. The van der Waals surface area contributed by atoms with E-state index >= 15 is 0 Å². The van der Waals surface area contributed by atoms with Gasteiger partial charge in [-0.3, -0.25) is 9.78 Å². The molecule has 25 heavy (non-hydrogen) atoms. The van der Waals surface area contributed by atoms with Crippen molar-refractivity contribution in [3.8, 4) is 16.9 Å². The molecule has 2 heterocycles. The van der Waals surface area contributed by atoms with Crippen LogP contribution in [0.15, 0.2) is 67.0 Å². The first-order chi connectivity index (χ1) is 12.2. The normalized spacial score (nSPS) is 11.9. The maximum absolute atomic E-state index is 12.7. The van der Waals surface area contributed by atoms with Crippen molar-refractivity contribution >= 4 is 5.91 Å². The van der Waals surface area contributed by atoms with Crippen LogP contribution in [0.3, 0.4) is 0 Å². The number of pyridine rings is 1. The molecule has 4 heteroatoms. The molecule has 1 amide bonds. The van der Waals surface area contributed by atoms with Crippen LogP contribution in [0, 0.1) is 0 Å². The monoisotopic (exact) mass is 330 g/mol. The molecule has 0 unspecified atom stereocenters. The molecule has 1 aromatic heterocycles. The summed E-state index contributed by atoms with van der Waals surface area (Å²) in [6.07, 6.45) is 3.60. The summed E-state index contributed by atoms with van der Waals surface area (Å²) in [5.41, 5.74) is 4.93. The zero-order valence-corrected chi connectivity index (χ0v) is 14.0. The SMILES string of the molecule is CN(Cc1ccccc1)C(=O)c1ccc2c(c1)OCc1cnccc1-2. The molecule has 2 aromatic carbocycles. The smallest absolute Gasteiger partial charge is 0.254 e. The minimum atomic E-state index is -0.0178. The average molecular weight is 330 g/mol. The van der Waals surface area contributed by atoms with Crippen LogP contribution in [0.4, 0.5) is 0 Å². The molecular formula is C21H18N2O2. The fraction of sp³-hybridized carbons (Fsp3) is 0.143. The first kappa shape index (κ1) is 15.4. The van der Waals surface area contributed by atoms with Crippen LogP contribution in [-0.4, -0.2) is 22.8 Å². The molecular weight excluding hydrogens is 312 g/mol. The Bertz CT molecular complexity index is 922. The van der Waals surface area contributed by atoms with Crippen molar-refractivity contribution in [3.05, 3.63) is 83.7 Å². The molecule has 3 aromatic rings. The lowest BCUT2D eigenvalue weighted by Gasteiger charge is -2.22. The number of carbonyl (C=O) groups excluding carboxylic acids is 1. The van der Waals surface area contributed by atoms with E-state index in [0.29, 0.717) is 18.7 Å². The molecule has 0 N–H and O–H groups in total. The lowest BCUT2D eigenvalue weighted by atomic mass is 9.97. The van der Waals surface area contributed by atoms with Gasteiger partial charge in [0, 0.05) is 42.7 Å². The van der Waals surface area contributed by atoms with Gasteiger partial charge in [-0.05, 0) is 35.4 Å². The van der Waals surface area contributed by atoms with Crippen molar-refractivity contribution in [2.45, 2.75) is 13.2 Å². The lowest BCUT2D eigenvalue weighted by Crippen LogP contribution is -2.26. The van der Waals surface area contributed by atoms with Gasteiger partial charge in [0.2, 0.25) is 0 Å². The molecule has 4 nitrogen and oxygen atoms in total. The molecule has 0 bridgehead atoms. The number of hydrogen-bond donors (Lipinski definition) is 0. The van der Waals surface area contributed by atoms with E-state index in [1.807, 2.05) is 67.8 Å². The number of amides is 1. The number of aromatic nitrogens is 1. The lowest BCUT2D eigenvalue weighted by molar-refractivity contribution is 0.0784. The summed E-state index contributed by atoms with van der Waals surface area (Å²) in [6.45, 7) is 1.06. The van der Waals surface area contributed by atoms with Gasteiger partial charge in [-0.1, -0.05) is 30.3 Å². The zero-order valence-electron chi connectivity index (χ0n) is 14.0. The summed E-state index contributed by atoms with van der Waals surface area (Å²) in [7, 11) is 1.82. The predicted octanol–water partition coefficient (Wildman–Crippen LogP) is 3.91. The molecule has 0 atom stereocenters. The third-order valence-electron chi connectivity index (χ3n) is 4.41. The van der Waals surface area contributed by atoms with Gasteiger partial charge in [0.15, 0.2) is 0 Å². The first-order valence-corrected chi connectivity index (χ1v) is 8.22. The largest absolute Gasteiger partial charge is 0.488 e. The molecule has 1 aliphatic rings. The van der Waals surface area contributed by atoms with Crippen LogP contribution >= 0.6 is 0 Å². The van der Waals surface area contributed by atoms with Crippen LogP contribution in [0.2, 0.25) is 0 Å². The van der Waals surface area contributed by atoms with Crippen LogP contribution in [0.5, 0.6) is 5.75 Å². The number of benzene rings is 2. The minimum Gasteiger partial charge on any atom is -0.488 e. The van der Waals surface area contributed by atoms with Gasteiger partial charge in [-0.25, -0.2) is 0 Å². The number of nitrogens with zero attached hydrogens (tertiary/aromatic N) is 2. The van der Waals surface area contributed by atoms with Crippen molar-refractivity contribution in [3.63, 3.8) is 0 Å². The Morgan fingerprint density at radius 1 is 1.12 bits per heavy atom. The highest BCUT2D eigenvalue weighted by Gasteiger charge is 2.20. The maximum Gasteiger partial charge on any atom is 0.254 e. The van der Waals surface area contributed by atoms with Gasteiger partial charge in [-0.15, -0.1) is 0 Å². The van der Waals surface area contributed by atoms with Crippen LogP contribution in [-0.2, 0) is 13.2 Å². The second-order valence-corrected chi connectivity index (χ2v) is 6.18. The topological polar surface area (TPSA) is 42.4 Å². The van der Waals surface area contributed by atoms with Gasteiger partial charge < -0.3 is 9.64 Å². The van der Waals surface area contributed by atoms with Crippen molar-refractivity contribution in [1.82, 2.24) is 9.88 Å². The average Bonchev–Trinajstić information content (AvgIpc) is 2.67. The van der Waals surface area contributed by atoms with E-state index in [1.54, 1.807) is 11.1 Å². The van der Waals surface area contributed by atoms with Crippen molar-refractivity contribution in [2.75, 3.05) is 7.05 Å². The summed E-state index contributed by atoms with van der Waals surface area (Å²) in [5.74, 6) is 0.730. The maximum atomic E-state index is 12.7. The van der Waals surface area contributed by atoms with Crippen molar-refractivity contribution < 1.29 is 9.53 Å². The summed E-state index contributed by atoms with van der Waals surface area (Å²) >= 11 is 0. The quantitative estimate of drug-likeness (QED) is 0.731. The fourth-order valence-electron chi connectivity index (χ4n) is 3.11. The van der Waals surface area contributed by atoms with Gasteiger partial charge in [0.05, 0.1) is 0 Å². The Balaban J connectivity index is 1.59. The number of hydrogen-bond acceptors (Lipinski definition) is 3. The van der Waals surface area contributed by atoms with E-state index in [0.717, 1.165) is 28.0 Å². The van der Waals surface area contributed by atoms with E-state index in [2.05, 4.69) is 4.98 Å². The van der Waals surface area contributed by atoms with Crippen molar-refractivity contribution in [1.29, 1.82) is 0 Å². The number of rotatable bonds is 3. The highest BCUT2D eigenvalue weighted by atomic mass is 16.5. The number of ether oxygens (including phenoxy) is 1. The van der Waals surface area contributed by atoms with Gasteiger partial charge in [0.25, 0.3) is 5.91 Å². The molecule has 0 spiro atoms. The van der Waals surface area contributed by atoms with E-state index in [9.17, 15) is 4.79 Å². The van der Waals surface area contributed by atoms with E-state index in [1.165, 1.54) is 0 Å². The second kappa shape index (κ2) is 6.40. The summed E-state index contributed by atoms with van der Waals surface area (Å²) < 4.78 is 5.83. The van der Waals surface area contributed by atoms with Crippen molar-refractivity contribution in [2.24, 2.45) is 0 Å². The Kier molecular flexibility index (Phi) is 3.94. The minimum absolute atomic E-state index is 0.0178. The third kappa shape index (κ3) is 2.98. The highest BCUT2D eigenvalue weighted by Crippen LogP contribution is 2.37.